The van der Waals surface area contributed by atoms with E-state index in [1.54, 1.807) is 0 Å². The van der Waals surface area contributed by atoms with E-state index in [1.807, 2.05) is 6.20 Å². The molecule has 17 heavy (non-hydrogen) atoms. The largest absolute Gasteiger partial charge is 0.325 e. The normalized spacial score (nSPS) is 43.2. The smallest absolute Gasteiger partial charge is 0.0738 e. The Kier molecular flexibility index (Phi) is 1.96. The fourth-order valence-corrected chi connectivity index (χ4v) is 5.12. The Morgan fingerprint density at radius 3 is 2.29 bits per heavy atom. The van der Waals surface area contributed by atoms with Gasteiger partial charge in [-0.3, -0.25) is 0 Å². The molecule has 5 rings (SSSR count). The highest BCUT2D eigenvalue weighted by Crippen LogP contribution is 2.58. The first-order chi connectivity index (χ1) is 8.29. The van der Waals surface area contributed by atoms with Gasteiger partial charge < -0.3 is 5.73 Å². The van der Waals surface area contributed by atoms with Gasteiger partial charge in [0.15, 0.2) is 0 Å². The topological polar surface area (TPSA) is 56.7 Å². The van der Waals surface area contributed by atoms with Crippen LogP contribution >= 0.6 is 0 Å². The Morgan fingerprint density at radius 1 is 1.18 bits per heavy atom. The van der Waals surface area contributed by atoms with Crippen LogP contribution in [0.25, 0.3) is 0 Å². The average molecular weight is 232 g/mol. The molecule has 4 fully saturated rings. The first-order valence-electron chi connectivity index (χ1n) is 6.89. The summed E-state index contributed by atoms with van der Waals surface area (Å²) < 4.78 is 2.19. The molecular weight excluding hydrogens is 212 g/mol. The summed E-state index contributed by atoms with van der Waals surface area (Å²) in [6, 6.07) is 0. The average Bonchev–Trinajstić information content (AvgIpc) is 2.75. The van der Waals surface area contributed by atoms with Crippen LogP contribution in [0.15, 0.2) is 6.20 Å². The third-order valence-electron chi connectivity index (χ3n) is 5.28. The molecule has 92 valence electrons. The van der Waals surface area contributed by atoms with E-state index >= 15 is 0 Å². The first kappa shape index (κ1) is 10.1. The fraction of sp³-hybridized carbons (Fsp3) is 0.846. The molecule has 0 unspecified atom stereocenters. The van der Waals surface area contributed by atoms with Gasteiger partial charge in [-0.15, -0.1) is 5.10 Å². The number of rotatable bonds is 2. The highest BCUT2D eigenvalue weighted by atomic mass is 15.5. The minimum absolute atomic E-state index is 0.278. The minimum atomic E-state index is 0.278. The monoisotopic (exact) mass is 232 g/mol. The van der Waals surface area contributed by atoms with Crippen molar-refractivity contribution in [2.75, 3.05) is 0 Å². The summed E-state index contributed by atoms with van der Waals surface area (Å²) in [6.07, 6.45) is 10.2. The number of hydrogen-bond donors (Lipinski definition) is 1. The lowest BCUT2D eigenvalue weighted by atomic mass is 9.53. The molecule has 4 saturated carbocycles. The van der Waals surface area contributed by atoms with Crippen LogP contribution in [0.5, 0.6) is 0 Å². The van der Waals surface area contributed by atoms with Gasteiger partial charge in [0.25, 0.3) is 0 Å². The summed E-state index contributed by atoms with van der Waals surface area (Å²) in [7, 11) is 0. The maximum Gasteiger partial charge on any atom is 0.0738 e. The predicted molar refractivity (Wildman–Crippen MR) is 64.1 cm³/mol. The van der Waals surface area contributed by atoms with Gasteiger partial charge >= 0.3 is 0 Å². The highest BCUT2D eigenvalue weighted by Gasteiger charge is 2.52. The van der Waals surface area contributed by atoms with E-state index in [9.17, 15) is 0 Å². The lowest BCUT2D eigenvalue weighted by Crippen LogP contribution is -2.52. The van der Waals surface area contributed by atoms with E-state index in [2.05, 4.69) is 15.0 Å². The third-order valence-corrected chi connectivity index (χ3v) is 5.28. The molecular formula is C13H20N4. The van der Waals surface area contributed by atoms with Gasteiger partial charge in [-0.2, -0.15) is 0 Å². The molecule has 4 aliphatic carbocycles. The van der Waals surface area contributed by atoms with Crippen LogP contribution < -0.4 is 5.73 Å². The second-order valence-corrected chi connectivity index (χ2v) is 6.48. The van der Waals surface area contributed by atoms with Gasteiger partial charge in [-0.05, 0) is 56.3 Å². The molecule has 0 amide bonds. The van der Waals surface area contributed by atoms with Gasteiger partial charge in [0, 0.05) is 6.54 Å². The zero-order valence-electron chi connectivity index (χ0n) is 10.2. The van der Waals surface area contributed by atoms with Gasteiger partial charge in [-0.25, -0.2) is 4.68 Å². The van der Waals surface area contributed by atoms with Crippen molar-refractivity contribution < 1.29 is 0 Å². The molecule has 1 aromatic heterocycles. The van der Waals surface area contributed by atoms with Gasteiger partial charge in [0.05, 0.1) is 17.4 Å². The Labute approximate surface area is 102 Å². The van der Waals surface area contributed by atoms with Crippen LogP contribution in [0.1, 0.15) is 44.2 Å². The zero-order chi connectivity index (χ0) is 11.5. The predicted octanol–water partition coefficient (Wildman–Crippen LogP) is 1.66. The quantitative estimate of drug-likeness (QED) is 0.843. The molecule has 1 heterocycles. The Morgan fingerprint density at radius 2 is 1.76 bits per heavy atom. The molecule has 0 spiro atoms. The standard InChI is InChI=1S/C13H20N4/c14-7-12-8-15-16-17(12)13-4-9-1-10(5-13)3-11(2-9)6-13/h8-11H,1-7,14H2. The Bertz CT molecular complexity index is 401. The number of nitrogens with two attached hydrogens (primary N) is 1. The Hall–Kier alpha value is -0.900. The lowest BCUT2D eigenvalue weighted by Gasteiger charge is -2.56. The minimum Gasteiger partial charge on any atom is -0.325 e. The van der Waals surface area contributed by atoms with E-state index in [1.165, 1.54) is 38.5 Å². The van der Waals surface area contributed by atoms with Crippen molar-refractivity contribution in [1.29, 1.82) is 0 Å². The van der Waals surface area contributed by atoms with Crippen LogP contribution in [0.4, 0.5) is 0 Å². The number of nitrogens with zero attached hydrogens (tertiary/aromatic N) is 3. The number of aromatic nitrogens is 3. The van der Waals surface area contributed by atoms with Crippen molar-refractivity contribution in [3.8, 4) is 0 Å². The molecule has 1 aromatic rings. The summed E-state index contributed by atoms with van der Waals surface area (Å²) in [6.45, 7) is 0.564. The van der Waals surface area contributed by atoms with E-state index in [-0.39, 0.29) is 5.54 Å². The third kappa shape index (κ3) is 1.33. The van der Waals surface area contributed by atoms with Gasteiger partial charge in [0.2, 0.25) is 0 Å². The van der Waals surface area contributed by atoms with Crippen molar-refractivity contribution in [3.63, 3.8) is 0 Å². The van der Waals surface area contributed by atoms with E-state index in [0.717, 1.165) is 23.4 Å². The van der Waals surface area contributed by atoms with Crippen LogP contribution in [0, 0.1) is 17.8 Å². The molecule has 0 aliphatic heterocycles. The molecule has 2 N–H and O–H groups in total. The molecule has 0 radical (unpaired) electrons. The summed E-state index contributed by atoms with van der Waals surface area (Å²) in [5.74, 6) is 2.82. The van der Waals surface area contributed by atoms with Gasteiger partial charge in [-0.1, -0.05) is 5.21 Å². The molecule has 4 heteroatoms. The molecule has 4 bridgehead atoms. The second kappa shape index (κ2) is 3.31. The van der Waals surface area contributed by atoms with Crippen LogP contribution in [0.2, 0.25) is 0 Å². The molecule has 0 saturated heterocycles. The Balaban J connectivity index is 1.77. The van der Waals surface area contributed by atoms with Crippen LogP contribution in [-0.4, -0.2) is 15.0 Å². The second-order valence-electron chi connectivity index (χ2n) is 6.48. The maximum atomic E-state index is 5.81. The van der Waals surface area contributed by atoms with Crippen molar-refractivity contribution in [2.24, 2.45) is 23.5 Å². The van der Waals surface area contributed by atoms with Crippen LogP contribution in [0.3, 0.4) is 0 Å². The summed E-state index contributed by atoms with van der Waals surface area (Å²) in [5, 5.41) is 8.45. The van der Waals surface area contributed by atoms with E-state index < -0.39 is 0 Å². The van der Waals surface area contributed by atoms with E-state index in [4.69, 9.17) is 5.73 Å². The number of hydrogen-bond acceptors (Lipinski definition) is 3. The molecule has 4 nitrogen and oxygen atoms in total. The SMILES string of the molecule is NCc1cnnn1C12CC3CC(CC(C3)C1)C2. The zero-order valence-corrected chi connectivity index (χ0v) is 10.2. The molecule has 0 aromatic carbocycles. The summed E-state index contributed by atoms with van der Waals surface area (Å²) in [4.78, 5) is 0. The molecule has 4 aliphatic rings. The van der Waals surface area contributed by atoms with Crippen LogP contribution in [-0.2, 0) is 12.1 Å². The van der Waals surface area contributed by atoms with Crippen molar-refractivity contribution in [1.82, 2.24) is 15.0 Å². The van der Waals surface area contributed by atoms with Crippen molar-refractivity contribution in [2.45, 2.75) is 50.6 Å². The summed E-state index contributed by atoms with van der Waals surface area (Å²) in [5.41, 5.74) is 7.21. The fourth-order valence-electron chi connectivity index (χ4n) is 5.12. The molecule has 0 atom stereocenters. The van der Waals surface area contributed by atoms with Crippen molar-refractivity contribution in [3.05, 3.63) is 11.9 Å². The van der Waals surface area contributed by atoms with Gasteiger partial charge in [0.1, 0.15) is 0 Å². The maximum absolute atomic E-state index is 5.81. The van der Waals surface area contributed by atoms with Crippen molar-refractivity contribution >= 4 is 0 Å². The lowest BCUT2D eigenvalue weighted by molar-refractivity contribution is -0.0515. The van der Waals surface area contributed by atoms with E-state index in [0.29, 0.717) is 6.54 Å². The first-order valence-corrected chi connectivity index (χ1v) is 6.89. The highest BCUT2D eigenvalue weighted by molar-refractivity contribution is 5.08. The summed E-state index contributed by atoms with van der Waals surface area (Å²) >= 11 is 0.